The predicted molar refractivity (Wildman–Crippen MR) is 104 cm³/mol. The Bertz CT molecular complexity index is 668. The fourth-order valence-corrected chi connectivity index (χ4v) is 4.91. The highest BCUT2D eigenvalue weighted by molar-refractivity contribution is 7.87. The molecule has 2 rings (SSSR count). The molecule has 148 valence electrons. The molecule has 1 aliphatic rings. The van der Waals surface area contributed by atoms with Crippen LogP contribution in [0.1, 0.15) is 39.7 Å². The molecule has 6 nitrogen and oxygen atoms in total. The zero-order valence-electron chi connectivity index (χ0n) is 16.3. The summed E-state index contributed by atoms with van der Waals surface area (Å²) in [7, 11) is -3.43. The highest BCUT2D eigenvalue weighted by Crippen LogP contribution is 2.28. The Kier molecular flexibility index (Phi) is 7.73. The van der Waals surface area contributed by atoms with Crippen LogP contribution in [0, 0.1) is 11.8 Å². The molecule has 2 atom stereocenters. The first kappa shape index (κ1) is 21.0. The molecular weight excluding hydrogens is 352 g/mol. The molecule has 1 aromatic carbocycles. The van der Waals surface area contributed by atoms with Gasteiger partial charge in [0, 0.05) is 19.6 Å². The van der Waals surface area contributed by atoms with Crippen LogP contribution in [-0.2, 0) is 16.6 Å². The summed E-state index contributed by atoms with van der Waals surface area (Å²) in [6.07, 6.45) is 1.68. The van der Waals surface area contributed by atoms with E-state index in [0.717, 1.165) is 17.7 Å². The Labute approximate surface area is 158 Å². The molecule has 1 saturated heterocycles. The molecule has 0 radical (unpaired) electrons. The number of benzene rings is 1. The Balaban J connectivity index is 1.95. The third kappa shape index (κ3) is 5.86. The second-order valence-corrected chi connectivity index (χ2v) is 8.81. The van der Waals surface area contributed by atoms with Crippen molar-refractivity contribution in [2.75, 3.05) is 32.8 Å². The second-order valence-electron chi connectivity index (χ2n) is 7.06. The highest BCUT2D eigenvalue weighted by Gasteiger charge is 2.29. The van der Waals surface area contributed by atoms with Crippen LogP contribution in [0.2, 0.25) is 0 Å². The Morgan fingerprint density at radius 3 is 2.31 bits per heavy atom. The molecule has 0 bridgehead atoms. The maximum absolute atomic E-state index is 12.5. The molecule has 0 aliphatic carbocycles. The van der Waals surface area contributed by atoms with Crippen molar-refractivity contribution in [3.63, 3.8) is 0 Å². The molecule has 7 heteroatoms. The summed E-state index contributed by atoms with van der Waals surface area (Å²) in [5, 5.41) is 0. The van der Waals surface area contributed by atoms with Gasteiger partial charge in [0.15, 0.2) is 11.5 Å². The minimum absolute atomic E-state index is 0.362. The summed E-state index contributed by atoms with van der Waals surface area (Å²) in [5.41, 5.74) is 1.01. The zero-order valence-corrected chi connectivity index (χ0v) is 17.1. The molecule has 0 saturated carbocycles. The molecule has 1 fully saturated rings. The number of hydrogen-bond donors (Lipinski definition) is 1. The standard InChI is InChI=1S/C19H32N2O4S/c1-5-24-18-8-7-17(12-19(18)25-6-2)9-10-20-26(22,23)21-13-15(3)11-16(4)14-21/h7-8,12,15-16,20H,5-6,9-11,13-14H2,1-4H3. The summed E-state index contributed by atoms with van der Waals surface area (Å²) >= 11 is 0. The fourth-order valence-electron chi connectivity index (χ4n) is 3.47. The van der Waals surface area contributed by atoms with Crippen LogP contribution in [0.25, 0.3) is 0 Å². The van der Waals surface area contributed by atoms with E-state index < -0.39 is 10.2 Å². The van der Waals surface area contributed by atoms with Crippen molar-refractivity contribution in [3.05, 3.63) is 23.8 Å². The van der Waals surface area contributed by atoms with Crippen LogP contribution in [-0.4, -0.2) is 45.6 Å². The zero-order chi connectivity index (χ0) is 19.2. The summed E-state index contributed by atoms with van der Waals surface area (Å²) < 4.78 is 40.6. The molecule has 2 unspecified atom stereocenters. The van der Waals surface area contributed by atoms with Gasteiger partial charge in [0.1, 0.15) is 0 Å². The van der Waals surface area contributed by atoms with E-state index in [0.29, 0.717) is 56.9 Å². The smallest absolute Gasteiger partial charge is 0.279 e. The van der Waals surface area contributed by atoms with Gasteiger partial charge in [-0.1, -0.05) is 19.9 Å². The largest absolute Gasteiger partial charge is 0.490 e. The van der Waals surface area contributed by atoms with Crippen LogP contribution in [0.5, 0.6) is 11.5 Å². The van der Waals surface area contributed by atoms with Gasteiger partial charge in [-0.3, -0.25) is 0 Å². The van der Waals surface area contributed by atoms with Crippen molar-refractivity contribution in [3.8, 4) is 11.5 Å². The summed E-state index contributed by atoms with van der Waals surface area (Å²) in [5.74, 6) is 2.22. The summed E-state index contributed by atoms with van der Waals surface area (Å²) in [6, 6.07) is 5.76. The van der Waals surface area contributed by atoms with Gasteiger partial charge in [-0.05, 0) is 56.2 Å². The van der Waals surface area contributed by atoms with Crippen molar-refractivity contribution >= 4 is 10.2 Å². The molecule has 26 heavy (non-hydrogen) atoms. The van der Waals surface area contributed by atoms with E-state index >= 15 is 0 Å². The normalized spacial score (nSPS) is 21.5. The minimum Gasteiger partial charge on any atom is -0.490 e. The van der Waals surface area contributed by atoms with Crippen LogP contribution >= 0.6 is 0 Å². The SMILES string of the molecule is CCOc1ccc(CCNS(=O)(=O)N2CC(C)CC(C)C2)cc1OCC. The topological polar surface area (TPSA) is 67.9 Å². The number of rotatable bonds is 9. The van der Waals surface area contributed by atoms with E-state index in [-0.39, 0.29) is 0 Å². The van der Waals surface area contributed by atoms with Crippen molar-refractivity contribution in [1.29, 1.82) is 0 Å². The first-order chi connectivity index (χ1) is 12.4. The van der Waals surface area contributed by atoms with Crippen molar-refractivity contribution in [2.45, 2.75) is 40.5 Å². The first-order valence-electron chi connectivity index (χ1n) is 9.49. The fraction of sp³-hybridized carbons (Fsp3) is 0.684. The lowest BCUT2D eigenvalue weighted by Gasteiger charge is -2.33. The molecule has 0 amide bonds. The molecular formula is C19H32N2O4S. The van der Waals surface area contributed by atoms with Gasteiger partial charge in [-0.2, -0.15) is 12.7 Å². The van der Waals surface area contributed by atoms with Gasteiger partial charge in [0.05, 0.1) is 13.2 Å². The molecule has 1 aliphatic heterocycles. The quantitative estimate of drug-likeness (QED) is 0.711. The van der Waals surface area contributed by atoms with Gasteiger partial charge < -0.3 is 9.47 Å². The Morgan fingerprint density at radius 1 is 1.08 bits per heavy atom. The van der Waals surface area contributed by atoms with Crippen LogP contribution in [0.4, 0.5) is 0 Å². The Morgan fingerprint density at radius 2 is 1.69 bits per heavy atom. The summed E-state index contributed by atoms with van der Waals surface area (Å²) in [6.45, 7) is 10.8. The lowest BCUT2D eigenvalue weighted by atomic mass is 9.94. The van der Waals surface area contributed by atoms with E-state index in [4.69, 9.17) is 9.47 Å². The summed E-state index contributed by atoms with van der Waals surface area (Å²) in [4.78, 5) is 0. The maximum Gasteiger partial charge on any atom is 0.279 e. The third-order valence-electron chi connectivity index (χ3n) is 4.48. The number of piperidine rings is 1. The molecule has 1 heterocycles. The first-order valence-corrected chi connectivity index (χ1v) is 10.9. The van der Waals surface area contributed by atoms with E-state index in [1.54, 1.807) is 4.31 Å². The predicted octanol–water partition coefficient (Wildman–Crippen LogP) is 2.84. The van der Waals surface area contributed by atoms with Gasteiger partial charge in [-0.15, -0.1) is 0 Å². The monoisotopic (exact) mass is 384 g/mol. The van der Waals surface area contributed by atoms with Crippen LogP contribution in [0.15, 0.2) is 18.2 Å². The Hall–Kier alpha value is -1.31. The van der Waals surface area contributed by atoms with Gasteiger partial charge in [0.25, 0.3) is 10.2 Å². The minimum atomic E-state index is -3.43. The van der Waals surface area contributed by atoms with Crippen LogP contribution < -0.4 is 14.2 Å². The molecule has 1 N–H and O–H groups in total. The van der Waals surface area contributed by atoms with Gasteiger partial charge >= 0.3 is 0 Å². The lowest BCUT2D eigenvalue weighted by Crippen LogP contribution is -2.48. The van der Waals surface area contributed by atoms with E-state index in [2.05, 4.69) is 18.6 Å². The van der Waals surface area contributed by atoms with E-state index in [1.807, 2.05) is 32.0 Å². The number of hydrogen-bond acceptors (Lipinski definition) is 4. The van der Waals surface area contributed by atoms with Crippen LogP contribution in [0.3, 0.4) is 0 Å². The second kappa shape index (κ2) is 9.58. The molecule has 1 aromatic rings. The lowest BCUT2D eigenvalue weighted by molar-refractivity contribution is 0.220. The van der Waals surface area contributed by atoms with Crippen molar-refractivity contribution in [2.24, 2.45) is 11.8 Å². The van der Waals surface area contributed by atoms with Crippen molar-refractivity contribution < 1.29 is 17.9 Å². The average molecular weight is 385 g/mol. The number of nitrogens with one attached hydrogen (secondary N) is 1. The average Bonchev–Trinajstić information content (AvgIpc) is 2.56. The van der Waals surface area contributed by atoms with Crippen molar-refractivity contribution in [1.82, 2.24) is 9.03 Å². The van der Waals surface area contributed by atoms with Gasteiger partial charge in [-0.25, -0.2) is 4.72 Å². The number of nitrogens with zero attached hydrogens (tertiary/aromatic N) is 1. The molecule has 0 spiro atoms. The number of ether oxygens (including phenoxy) is 2. The third-order valence-corrected chi connectivity index (χ3v) is 6.03. The maximum atomic E-state index is 12.5. The van der Waals surface area contributed by atoms with E-state index in [9.17, 15) is 8.42 Å². The highest BCUT2D eigenvalue weighted by atomic mass is 32.2. The van der Waals surface area contributed by atoms with Gasteiger partial charge in [0.2, 0.25) is 0 Å². The molecule has 0 aromatic heterocycles. The van der Waals surface area contributed by atoms with E-state index in [1.165, 1.54) is 0 Å².